The molecule has 4 saturated carbocycles. The van der Waals surface area contributed by atoms with E-state index in [0.717, 1.165) is 24.7 Å². The lowest BCUT2D eigenvalue weighted by Gasteiger charge is -2.57. The van der Waals surface area contributed by atoms with Crippen molar-refractivity contribution in [1.82, 2.24) is 0 Å². The predicted octanol–water partition coefficient (Wildman–Crippen LogP) is 1.31. The quantitative estimate of drug-likeness (QED) is 0.624. The molecule has 0 aliphatic heterocycles. The summed E-state index contributed by atoms with van der Waals surface area (Å²) in [5, 5.41) is 9.96. The molecule has 4 aliphatic rings. The third kappa shape index (κ3) is 1.23. The Labute approximate surface area is 85.3 Å². The van der Waals surface area contributed by atoms with Gasteiger partial charge in [0.15, 0.2) is 0 Å². The topological polar surface area (TPSA) is 46.2 Å². The maximum atomic E-state index is 9.96. The van der Waals surface area contributed by atoms with E-state index in [-0.39, 0.29) is 24.0 Å². The van der Waals surface area contributed by atoms with E-state index in [1.807, 2.05) is 0 Å². The van der Waals surface area contributed by atoms with E-state index < -0.39 is 0 Å². The Hall–Kier alpha value is 0.210. The molecule has 3 heteroatoms. The van der Waals surface area contributed by atoms with Crippen molar-refractivity contribution in [2.45, 2.75) is 43.7 Å². The van der Waals surface area contributed by atoms with Crippen LogP contribution in [-0.4, -0.2) is 16.7 Å². The minimum atomic E-state index is -0.190. The number of aliphatic hydroxyl groups excluding tert-OH is 1. The Morgan fingerprint density at radius 1 is 1.08 bits per heavy atom. The fourth-order valence-corrected chi connectivity index (χ4v) is 4.08. The summed E-state index contributed by atoms with van der Waals surface area (Å²) in [6, 6.07) is 0. The first kappa shape index (κ1) is 9.75. The highest BCUT2D eigenvalue weighted by Crippen LogP contribution is 2.54. The van der Waals surface area contributed by atoms with Gasteiger partial charge in [0.25, 0.3) is 0 Å². The molecule has 0 heterocycles. The van der Waals surface area contributed by atoms with Crippen LogP contribution in [0.15, 0.2) is 0 Å². The molecule has 4 bridgehead atoms. The van der Waals surface area contributed by atoms with E-state index in [0.29, 0.717) is 5.92 Å². The molecular weight excluding hydrogens is 186 g/mol. The zero-order chi connectivity index (χ0) is 8.34. The van der Waals surface area contributed by atoms with Crippen LogP contribution in [0.25, 0.3) is 0 Å². The Morgan fingerprint density at radius 3 is 2.08 bits per heavy atom. The van der Waals surface area contributed by atoms with Crippen LogP contribution in [0, 0.1) is 17.8 Å². The van der Waals surface area contributed by atoms with Gasteiger partial charge in [0.2, 0.25) is 0 Å². The van der Waals surface area contributed by atoms with Crippen LogP contribution < -0.4 is 5.73 Å². The van der Waals surface area contributed by atoms with E-state index >= 15 is 0 Å². The monoisotopic (exact) mass is 203 g/mol. The highest BCUT2D eigenvalue weighted by Gasteiger charge is 2.54. The van der Waals surface area contributed by atoms with Gasteiger partial charge >= 0.3 is 0 Å². The van der Waals surface area contributed by atoms with Crippen LogP contribution in [0.1, 0.15) is 32.1 Å². The first-order valence-corrected chi connectivity index (χ1v) is 5.14. The van der Waals surface area contributed by atoms with E-state index in [9.17, 15) is 5.11 Å². The van der Waals surface area contributed by atoms with Crippen molar-refractivity contribution in [2.75, 3.05) is 0 Å². The molecule has 0 aromatic carbocycles. The third-order valence-electron chi connectivity index (χ3n) is 4.31. The summed E-state index contributed by atoms with van der Waals surface area (Å²) in [5.41, 5.74) is 6.03. The summed E-state index contributed by atoms with van der Waals surface area (Å²) in [7, 11) is 0. The first-order chi connectivity index (χ1) is 5.67. The zero-order valence-corrected chi connectivity index (χ0v) is 8.59. The molecule has 3 N–H and O–H groups in total. The molecule has 0 amide bonds. The molecule has 0 aromatic heterocycles. The van der Waals surface area contributed by atoms with Gasteiger partial charge in [0.05, 0.1) is 6.10 Å². The molecule has 76 valence electrons. The van der Waals surface area contributed by atoms with Crippen LogP contribution in [0.4, 0.5) is 0 Å². The zero-order valence-electron chi connectivity index (χ0n) is 7.78. The van der Waals surface area contributed by atoms with E-state index in [4.69, 9.17) is 5.73 Å². The molecule has 0 radical (unpaired) electrons. The standard InChI is InChI=1S/C10H17NO.ClH/c11-10-4-6-1-7(5-10)3-8(2-6)9(10)12;/h6-9,12H,1-5,11H2;1H. The van der Waals surface area contributed by atoms with Crippen molar-refractivity contribution in [1.29, 1.82) is 0 Å². The van der Waals surface area contributed by atoms with Gasteiger partial charge in [0.1, 0.15) is 0 Å². The maximum absolute atomic E-state index is 9.96. The molecule has 4 rings (SSSR count). The Bertz CT molecular complexity index is 207. The summed E-state index contributed by atoms with van der Waals surface area (Å²) in [6.07, 6.45) is 5.86. The second-order valence-corrected chi connectivity index (χ2v) is 5.29. The minimum absolute atomic E-state index is 0. The smallest absolute Gasteiger partial charge is 0.0748 e. The fraction of sp³-hybridized carbons (Fsp3) is 1.00. The number of rotatable bonds is 0. The van der Waals surface area contributed by atoms with Gasteiger partial charge in [-0.05, 0) is 49.9 Å². The summed E-state index contributed by atoms with van der Waals surface area (Å²) in [5.74, 6) is 2.23. The molecule has 0 spiro atoms. The number of hydrogen-bond acceptors (Lipinski definition) is 2. The van der Waals surface area contributed by atoms with Gasteiger partial charge in [-0.25, -0.2) is 0 Å². The van der Waals surface area contributed by atoms with Gasteiger partial charge in [-0.1, -0.05) is 0 Å². The van der Waals surface area contributed by atoms with Gasteiger partial charge in [-0.2, -0.15) is 0 Å². The number of halogens is 1. The molecular formula is C10H18ClNO. The van der Waals surface area contributed by atoms with Crippen LogP contribution >= 0.6 is 12.4 Å². The largest absolute Gasteiger partial charge is 0.391 e. The van der Waals surface area contributed by atoms with Gasteiger partial charge in [-0.15, -0.1) is 12.4 Å². The molecule has 13 heavy (non-hydrogen) atoms. The number of nitrogens with two attached hydrogens (primary N) is 1. The van der Waals surface area contributed by atoms with Crippen LogP contribution in [0.5, 0.6) is 0 Å². The lowest BCUT2D eigenvalue weighted by atomic mass is 9.52. The Kier molecular flexibility index (Phi) is 2.14. The number of hydrogen-bond donors (Lipinski definition) is 2. The summed E-state index contributed by atoms with van der Waals surface area (Å²) in [6.45, 7) is 0. The summed E-state index contributed by atoms with van der Waals surface area (Å²) < 4.78 is 0. The normalized spacial score (nSPS) is 57.7. The molecule has 0 saturated heterocycles. The summed E-state index contributed by atoms with van der Waals surface area (Å²) >= 11 is 0. The van der Waals surface area contributed by atoms with Crippen molar-refractivity contribution in [3.63, 3.8) is 0 Å². The predicted molar refractivity (Wildman–Crippen MR) is 53.7 cm³/mol. The minimum Gasteiger partial charge on any atom is -0.391 e. The SMILES string of the molecule is Cl.NC12CC3CC(CC(C3)C1O)C2. The molecule has 2 nitrogen and oxygen atoms in total. The van der Waals surface area contributed by atoms with E-state index in [2.05, 4.69) is 0 Å². The van der Waals surface area contributed by atoms with Gasteiger partial charge in [-0.3, -0.25) is 0 Å². The highest BCUT2D eigenvalue weighted by molar-refractivity contribution is 5.85. The number of aliphatic hydroxyl groups is 1. The Balaban J connectivity index is 0.000000653. The van der Waals surface area contributed by atoms with Crippen molar-refractivity contribution in [3.05, 3.63) is 0 Å². The lowest BCUT2D eigenvalue weighted by Crippen LogP contribution is -2.65. The van der Waals surface area contributed by atoms with E-state index in [1.165, 1.54) is 19.3 Å². The van der Waals surface area contributed by atoms with Gasteiger partial charge in [0, 0.05) is 5.54 Å². The molecule has 0 aromatic rings. The third-order valence-corrected chi connectivity index (χ3v) is 4.31. The fourth-order valence-electron chi connectivity index (χ4n) is 4.08. The first-order valence-electron chi connectivity index (χ1n) is 5.14. The second kappa shape index (κ2) is 2.85. The van der Waals surface area contributed by atoms with Crippen molar-refractivity contribution < 1.29 is 5.11 Å². The summed E-state index contributed by atoms with van der Waals surface area (Å²) in [4.78, 5) is 0. The molecule has 4 fully saturated rings. The van der Waals surface area contributed by atoms with Crippen LogP contribution in [-0.2, 0) is 0 Å². The second-order valence-electron chi connectivity index (χ2n) is 5.29. The molecule has 3 unspecified atom stereocenters. The van der Waals surface area contributed by atoms with E-state index in [1.54, 1.807) is 0 Å². The molecule has 4 aliphatic carbocycles. The van der Waals surface area contributed by atoms with Crippen molar-refractivity contribution >= 4 is 12.4 Å². The highest BCUT2D eigenvalue weighted by atomic mass is 35.5. The molecule has 3 atom stereocenters. The Morgan fingerprint density at radius 2 is 1.62 bits per heavy atom. The lowest BCUT2D eigenvalue weighted by molar-refractivity contribution is -0.107. The average Bonchev–Trinajstić information content (AvgIpc) is 1.98. The van der Waals surface area contributed by atoms with Gasteiger partial charge < -0.3 is 10.8 Å². The van der Waals surface area contributed by atoms with Crippen molar-refractivity contribution in [2.24, 2.45) is 23.5 Å². The maximum Gasteiger partial charge on any atom is 0.0748 e. The average molecular weight is 204 g/mol. The van der Waals surface area contributed by atoms with Crippen LogP contribution in [0.3, 0.4) is 0 Å². The van der Waals surface area contributed by atoms with Crippen LogP contribution in [0.2, 0.25) is 0 Å². The van der Waals surface area contributed by atoms with Crippen molar-refractivity contribution in [3.8, 4) is 0 Å².